The average Bonchev–Trinajstić information content (AvgIpc) is 2.87. The van der Waals surface area contributed by atoms with Crippen molar-refractivity contribution < 1.29 is 0 Å². The van der Waals surface area contributed by atoms with Gasteiger partial charge in [-0.05, 0) is 50.9 Å². The molecule has 0 saturated heterocycles. The molecule has 1 atom stereocenters. The van der Waals surface area contributed by atoms with Crippen molar-refractivity contribution in [1.29, 1.82) is 0 Å². The molecule has 2 aromatic rings. The van der Waals surface area contributed by atoms with E-state index >= 15 is 0 Å². The van der Waals surface area contributed by atoms with Crippen LogP contribution in [-0.2, 0) is 12.0 Å². The van der Waals surface area contributed by atoms with Crippen molar-refractivity contribution in [2.75, 3.05) is 6.54 Å². The predicted octanol–water partition coefficient (Wildman–Crippen LogP) is 4.56. The van der Waals surface area contributed by atoms with Crippen molar-refractivity contribution in [2.24, 2.45) is 0 Å². The van der Waals surface area contributed by atoms with Crippen molar-refractivity contribution in [1.82, 2.24) is 10.3 Å². The second-order valence-electron chi connectivity index (χ2n) is 5.36. The molecule has 0 amide bonds. The van der Waals surface area contributed by atoms with Crippen LogP contribution in [0.2, 0.25) is 5.02 Å². The van der Waals surface area contributed by atoms with Gasteiger partial charge < -0.3 is 5.32 Å². The number of nitrogens with zero attached hydrogens (tertiary/aromatic N) is 1. The second-order valence-corrected chi connectivity index (χ2v) is 6.65. The molecule has 1 heterocycles. The minimum Gasteiger partial charge on any atom is -0.305 e. The van der Waals surface area contributed by atoms with E-state index in [0.717, 1.165) is 35.1 Å². The number of aromatic nitrogens is 1. The lowest BCUT2D eigenvalue weighted by molar-refractivity contribution is 0.362. The maximum Gasteiger partial charge on any atom is 0.113 e. The van der Waals surface area contributed by atoms with Crippen molar-refractivity contribution in [3.8, 4) is 0 Å². The fourth-order valence-electron chi connectivity index (χ4n) is 2.23. The highest BCUT2D eigenvalue weighted by Crippen LogP contribution is 2.28. The normalized spacial score (nSPS) is 14.2. The van der Waals surface area contributed by atoms with E-state index in [1.165, 1.54) is 5.56 Å². The number of benzene rings is 1. The lowest BCUT2D eigenvalue weighted by Crippen LogP contribution is -2.42. The average molecular weight is 309 g/mol. The Morgan fingerprint density at radius 2 is 2.00 bits per heavy atom. The molecule has 0 saturated carbocycles. The molecule has 0 aliphatic carbocycles. The number of aryl methyl sites for hydroxylation is 1. The third-order valence-electron chi connectivity index (χ3n) is 3.33. The summed E-state index contributed by atoms with van der Waals surface area (Å²) in [6, 6.07) is 8.08. The molecule has 0 radical (unpaired) electrons. The quantitative estimate of drug-likeness (QED) is 0.846. The molecule has 0 bridgehead atoms. The van der Waals surface area contributed by atoms with E-state index in [0.29, 0.717) is 0 Å². The Morgan fingerprint density at radius 1 is 1.30 bits per heavy atom. The predicted molar refractivity (Wildman–Crippen MR) is 87.7 cm³/mol. The fourth-order valence-corrected chi connectivity index (χ4v) is 3.29. The number of hydrogen-bond donors (Lipinski definition) is 1. The molecular weight excluding hydrogens is 288 g/mol. The van der Waals surface area contributed by atoms with Crippen LogP contribution in [0.4, 0.5) is 0 Å². The fraction of sp³-hybridized carbons (Fsp3) is 0.438. The van der Waals surface area contributed by atoms with Crippen LogP contribution in [-0.4, -0.2) is 11.5 Å². The van der Waals surface area contributed by atoms with Gasteiger partial charge >= 0.3 is 0 Å². The number of hydrogen-bond acceptors (Lipinski definition) is 3. The van der Waals surface area contributed by atoms with Gasteiger partial charge in [0.05, 0.1) is 5.54 Å². The van der Waals surface area contributed by atoms with Crippen LogP contribution < -0.4 is 5.32 Å². The number of thiazole rings is 1. The molecule has 0 aliphatic rings. The summed E-state index contributed by atoms with van der Waals surface area (Å²) >= 11 is 7.69. The maximum absolute atomic E-state index is 5.96. The third-order valence-corrected chi connectivity index (χ3v) is 4.80. The molecule has 2 nitrogen and oxygen atoms in total. The van der Waals surface area contributed by atoms with Gasteiger partial charge in [0.25, 0.3) is 0 Å². The standard InChI is InChI=1S/C16H21ClN2S/c1-4-9-18-16(3,15-19-12(2)11-20-15)10-13-5-7-14(17)8-6-13/h5-8,11,18H,4,9-10H2,1-3H3. The van der Waals surface area contributed by atoms with Gasteiger partial charge in [0, 0.05) is 16.1 Å². The van der Waals surface area contributed by atoms with Gasteiger partial charge in [-0.3, -0.25) is 0 Å². The zero-order chi connectivity index (χ0) is 14.6. The molecule has 1 unspecified atom stereocenters. The van der Waals surface area contributed by atoms with Gasteiger partial charge in [0.15, 0.2) is 0 Å². The smallest absolute Gasteiger partial charge is 0.113 e. The van der Waals surface area contributed by atoms with Crippen molar-refractivity contribution >= 4 is 22.9 Å². The highest BCUT2D eigenvalue weighted by atomic mass is 35.5. The number of halogens is 1. The van der Waals surface area contributed by atoms with Gasteiger partial charge in [0.1, 0.15) is 5.01 Å². The number of nitrogens with one attached hydrogen (secondary N) is 1. The molecule has 1 aromatic heterocycles. The summed E-state index contributed by atoms with van der Waals surface area (Å²) in [5.74, 6) is 0. The van der Waals surface area contributed by atoms with Crippen LogP contribution in [0.5, 0.6) is 0 Å². The molecule has 0 fully saturated rings. The SMILES string of the molecule is CCCNC(C)(Cc1ccc(Cl)cc1)c1nc(C)cs1. The van der Waals surface area contributed by atoms with Gasteiger partial charge in [-0.1, -0.05) is 30.7 Å². The summed E-state index contributed by atoms with van der Waals surface area (Å²) in [4.78, 5) is 4.68. The van der Waals surface area contributed by atoms with E-state index in [4.69, 9.17) is 11.6 Å². The Hall–Kier alpha value is -0.900. The summed E-state index contributed by atoms with van der Waals surface area (Å²) in [6.45, 7) is 7.45. The first-order chi connectivity index (χ1) is 9.53. The second kappa shape index (κ2) is 6.70. The van der Waals surface area contributed by atoms with Crippen molar-refractivity contribution in [2.45, 2.75) is 39.2 Å². The van der Waals surface area contributed by atoms with E-state index in [9.17, 15) is 0 Å². The van der Waals surface area contributed by atoms with Crippen molar-refractivity contribution in [3.63, 3.8) is 0 Å². The molecule has 0 aliphatic heterocycles. The minimum atomic E-state index is -0.122. The molecule has 4 heteroatoms. The van der Waals surface area contributed by atoms with Crippen molar-refractivity contribution in [3.05, 3.63) is 50.9 Å². The first kappa shape index (κ1) is 15.5. The summed E-state index contributed by atoms with van der Waals surface area (Å²) < 4.78 is 0. The van der Waals surface area contributed by atoms with Crippen LogP contribution in [0.15, 0.2) is 29.6 Å². The van der Waals surface area contributed by atoms with E-state index in [-0.39, 0.29) is 5.54 Å². The van der Waals surface area contributed by atoms with E-state index in [1.807, 2.05) is 19.1 Å². The summed E-state index contributed by atoms with van der Waals surface area (Å²) in [7, 11) is 0. The Morgan fingerprint density at radius 3 is 2.55 bits per heavy atom. The van der Waals surface area contributed by atoms with Crippen LogP contribution in [0.1, 0.15) is 36.5 Å². The van der Waals surface area contributed by atoms with E-state index in [1.54, 1.807) is 11.3 Å². The first-order valence-electron chi connectivity index (χ1n) is 6.95. The first-order valence-corrected chi connectivity index (χ1v) is 8.21. The molecule has 108 valence electrons. The monoisotopic (exact) mass is 308 g/mol. The van der Waals surface area contributed by atoms with Gasteiger partial charge in [-0.2, -0.15) is 0 Å². The Kier molecular flexibility index (Phi) is 5.19. The molecular formula is C16H21ClN2S. The zero-order valence-electron chi connectivity index (χ0n) is 12.2. The minimum absolute atomic E-state index is 0.122. The highest BCUT2D eigenvalue weighted by Gasteiger charge is 2.29. The zero-order valence-corrected chi connectivity index (χ0v) is 13.8. The van der Waals surface area contributed by atoms with Crippen LogP contribution in [0, 0.1) is 6.92 Å². The molecule has 1 aromatic carbocycles. The molecule has 20 heavy (non-hydrogen) atoms. The lowest BCUT2D eigenvalue weighted by Gasteiger charge is -2.29. The Labute approximate surface area is 130 Å². The summed E-state index contributed by atoms with van der Waals surface area (Å²) in [5, 5.41) is 7.70. The van der Waals surface area contributed by atoms with Gasteiger partial charge in [-0.25, -0.2) is 4.98 Å². The van der Waals surface area contributed by atoms with Crippen LogP contribution >= 0.6 is 22.9 Å². The van der Waals surface area contributed by atoms with Gasteiger partial charge in [0.2, 0.25) is 0 Å². The molecule has 2 rings (SSSR count). The van der Waals surface area contributed by atoms with Crippen LogP contribution in [0.3, 0.4) is 0 Å². The largest absolute Gasteiger partial charge is 0.305 e. The van der Waals surface area contributed by atoms with Gasteiger partial charge in [-0.15, -0.1) is 11.3 Å². The summed E-state index contributed by atoms with van der Waals surface area (Å²) in [6.07, 6.45) is 2.03. The number of rotatable bonds is 6. The Bertz CT molecular complexity index is 550. The Balaban J connectivity index is 2.24. The molecule has 0 spiro atoms. The lowest BCUT2D eigenvalue weighted by atomic mass is 9.93. The van der Waals surface area contributed by atoms with Crippen LogP contribution in [0.25, 0.3) is 0 Å². The summed E-state index contributed by atoms with van der Waals surface area (Å²) in [5.41, 5.74) is 2.24. The third kappa shape index (κ3) is 3.81. The molecule has 1 N–H and O–H groups in total. The maximum atomic E-state index is 5.96. The highest BCUT2D eigenvalue weighted by molar-refractivity contribution is 7.09. The van der Waals surface area contributed by atoms with E-state index < -0.39 is 0 Å². The topological polar surface area (TPSA) is 24.9 Å². The van der Waals surface area contributed by atoms with E-state index in [2.05, 4.69) is 41.7 Å².